The predicted molar refractivity (Wildman–Crippen MR) is 91.2 cm³/mol. The van der Waals surface area contributed by atoms with Crippen LogP contribution in [0.5, 0.6) is 5.75 Å². The highest BCUT2D eigenvalue weighted by molar-refractivity contribution is 6.30. The highest BCUT2D eigenvalue weighted by atomic mass is 35.5. The van der Waals surface area contributed by atoms with Gasteiger partial charge in [-0.3, -0.25) is 9.59 Å². The zero-order chi connectivity index (χ0) is 17.4. The number of para-hydroxylation sites is 1. The molecule has 0 saturated heterocycles. The molecule has 0 aliphatic heterocycles. The minimum atomic E-state index is -0.384. The Bertz CT molecular complexity index is 700. The van der Waals surface area contributed by atoms with Crippen LogP contribution in [0.1, 0.15) is 22.3 Å². The maximum absolute atomic E-state index is 12.1. The van der Waals surface area contributed by atoms with Gasteiger partial charge in [0.25, 0.3) is 5.91 Å². The van der Waals surface area contributed by atoms with Crippen LogP contribution >= 0.6 is 11.6 Å². The van der Waals surface area contributed by atoms with Crippen molar-refractivity contribution in [3.05, 3.63) is 64.7 Å². The second-order valence-corrected chi connectivity index (χ2v) is 5.43. The first-order chi connectivity index (χ1) is 11.6. The highest BCUT2D eigenvalue weighted by Gasteiger charge is 2.11. The normalized spacial score (nSPS) is 10.1. The van der Waals surface area contributed by atoms with Crippen LogP contribution in [0.2, 0.25) is 5.02 Å². The van der Waals surface area contributed by atoms with Crippen LogP contribution in [-0.2, 0) is 16.1 Å². The van der Waals surface area contributed by atoms with E-state index < -0.39 is 0 Å². The maximum Gasteiger partial charge on any atom is 0.307 e. The summed E-state index contributed by atoms with van der Waals surface area (Å²) in [6.07, 6.45) is 0.0917. The Morgan fingerprint density at radius 1 is 1.08 bits per heavy atom. The SMILES string of the molecule is COc1ccccc1C(=O)NCCC(=O)OCc1ccc(Cl)cc1. The third-order valence-electron chi connectivity index (χ3n) is 3.28. The van der Waals surface area contributed by atoms with E-state index in [4.69, 9.17) is 21.1 Å². The summed E-state index contributed by atoms with van der Waals surface area (Å²) in [5.74, 6) is -0.191. The summed E-state index contributed by atoms with van der Waals surface area (Å²) in [6.45, 7) is 0.368. The molecule has 5 nitrogen and oxygen atoms in total. The molecule has 0 bridgehead atoms. The summed E-state index contributed by atoms with van der Waals surface area (Å²) < 4.78 is 10.3. The second kappa shape index (κ2) is 8.93. The van der Waals surface area contributed by atoms with Crippen LogP contribution in [0.4, 0.5) is 0 Å². The summed E-state index contributed by atoms with van der Waals surface area (Å²) in [5.41, 5.74) is 1.28. The van der Waals surface area contributed by atoms with E-state index in [1.807, 2.05) is 0 Å². The van der Waals surface area contributed by atoms with Crippen molar-refractivity contribution in [2.24, 2.45) is 0 Å². The maximum atomic E-state index is 12.1. The summed E-state index contributed by atoms with van der Waals surface area (Å²) >= 11 is 5.79. The number of hydrogen-bond acceptors (Lipinski definition) is 4. The Morgan fingerprint density at radius 3 is 2.50 bits per heavy atom. The fourth-order valence-electron chi connectivity index (χ4n) is 2.02. The van der Waals surface area contributed by atoms with Gasteiger partial charge in [0.2, 0.25) is 0 Å². The van der Waals surface area contributed by atoms with Gasteiger partial charge in [0.15, 0.2) is 0 Å². The Morgan fingerprint density at radius 2 is 1.79 bits per heavy atom. The molecule has 2 aromatic rings. The fraction of sp³-hybridized carbons (Fsp3) is 0.222. The Hall–Kier alpha value is -2.53. The number of halogens is 1. The van der Waals surface area contributed by atoms with Gasteiger partial charge in [-0.05, 0) is 29.8 Å². The van der Waals surface area contributed by atoms with Crippen molar-refractivity contribution in [3.8, 4) is 5.75 Å². The summed E-state index contributed by atoms with van der Waals surface area (Å²) in [4.78, 5) is 23.8. The van der Waals surface area contributed by atoms with Crippen molar-refractivity contribution in [1.82, 2.24) is 5.32 Å². The lowest BCUT2D eigenvalue weighted by Gasteiger charge is -2.09. The smallest absolute Gasteiger partial charge is 0.307 e. The van der Waals surface area contributed by atoms with Crippen LogP contribution in [0.25, 0.3) is 0 Å². The molecule has 0 aliphatic rings. The number of benzene rings is 2. The lowest BCUT2D eigenvalue weighted by atomic mass is 10.2. The number of carbonyl (C=O) groups is 2. The van der Waals surface area contributed by atoms with E-state index in [0.29, 0.717) is 16.3 Å². The Balaban J connectivity index is 1.74. The third kappa shape index (κ3) is 5.28. The van der Waals surface area contributed by atoms with Gasteiger partial charge in [-0.1, -0.05) is 35.9 Å². The average Bonchev–Trinajstić information content (AvgIpc) is 2.61. The summed E-state index contributed by atoms with van der Waals surface area (Å²) in [7, 11) is 1.50. The standard InChI is InChI=1S/C18H18ClNO4/c1-23-16-5-3-2-4-15(16)18(22)20-11-10-17(21)24-12-13-6-8-14(19)9-7-13/h2-9H,10-12H2,1H3,(H,20,22). The van der Waals surface area contributed by atoms with E-state index in [2.05, 4.69) is 5.32 Å². The molecule has 0 spiro atoms. The first kappa shape index (κ1) is 17.8. The van der Waals surface area contributed by atoms with Crippen molar-refractivity contribution in [1.29, 1.82) is 0 Å². The molecule has 0 radical (unpaired) electrons. The van der Waals surface area contributed by atoms with E-state index in [1.165, 1.54) is 7.11 Å². The van der Waals surface area contributed by atoms with Crippen molar-refractivity contribution in [2.75, 3.05) is 13.7 Å². The molecule has 0 fully saturated rings. The van der Waals surface area contributed by atoms with E-state index in [0.717, 1.165) is 5.56 Å². The average molecular weight is 348 g/mol. The first-order valence-corrected chi connectivity index (χ1v) is 7.79. The number of carbonyl (C=O) groups excluding carboxylic acids is 2. The second-order valence-electron chi connectivity index (χ2n) is 4.99. The van der Waals surface area contributed by atoms with Crippen molar-refractivity contribution in [2.45, 2.75) is 13.0 Å². The molecule has 126 valence electrons. The van der Waals surface area contributed by atoms with Crippen LogP contribution in [-0.4, -0.2) is 25.5 Å². The molecule has 6 heteroatoms. The van der Waals surface area contributed by atoms with Gasteiger partial charge in [-0.2, -0.15) is 0 Å². The van der Waals surface area contributed by atoms with Crippen molar-refractivity contribution < 1.29 is 19.1 Å². The third-order valence-corrected chi connectivity index (χ3v) is 3.53. The molecule has 24 heavy (non-hydrogen) atoms. The number of amides is 1. The molecule has 0 unspecified atom stereocenters. The molecule has 0 saturated carbocycles. The minimum absolute atomic E-state index is 0.0917. The number of hydrogen-bond donors (Lipinski definition) is 1. The fourth-order valence-corrected chi connectivity index (χ4v) is 2.15. The quantitative estimate of drug-likeness (QED) is 0.781. The monoisotopic (exact) mass is 347 g/mol. The highest BCUT2D eigenvalue weighted by Crippen LogP contribution is 2.16. The van der Waals surface area contributed by atoms with Crippen LogP contribution < -0.4 is 10.1 Å². The molecule has 2 aromatic carbocycles. The van der Waals surface area contributed by atoms with Crippen LogP contribution in [0.3, 0.4) is 0 Å². The molecule has 0 heterocycles. The van der Waals surface area contributed by atoms with E-state index in [-0.39, 0.29) is 31.4 Å². The van der Waals surface area contributed by atoms with Gasteiger partial charge >= 0.3 is 5.97 Å². The Kier molecular flexibility index (Phi) is 6.63. The zero-order valence-electron chi connectivity index (χ0n) is 13.3. The largest absolute Gasteiger partial charge is 0.496 e. The zero-order valence-corrected chi connectivity index (χ0v) is 14.0. The van der Waals surface area contributed by atoms with E-state index in [1.54, 1.807) is 48.5 Å². The molecule has 2 rings (SSSR count). The number of methoxy groups -OCH3 is 1. The van der Waals surface area contributed by atoms with Gasteiger partial charge in [0, 0.05) is 11.6 Å². The van der Waals surface area contributed by atoms with Gasteiger partial charge in [-0.15, -0.1) is 0 Å². The number of ether oxygens (including phenoxy) is 2. The molecule has 1 amide bonds. The van der Waals surface area contributed by atoms with Gasteiger partial charge in [0.1, 0.15) is 12.4 Å². The van der Waals surface area contributed by atoms with Crippen molar-refractivity contribution >= 4 is 23.5 Å². The number of esters is 1. The van der Waals surface area contributed by atoms with Crippen molar-refractivity contribution in [3.63, 3.8) is 0 Å². The van der Waals surface area contributed by atoms with Gasteiger partial charge in [0.05, 0.1) is 19.1 Å². The molecular weight excluding hydrogens is 330 g/mol. The van der Waals surface area contributed by atoms with Gasteiger partial charge in [-0.25, -0.2) is 0 Å². The lowest BCUT2D eigenvalue weighted by molar-refractivity contribution is -0.144. The summed E-state index contributed by atoms with van der Waals surface area (Å²) in [5, 5.41) is 3.30. The van der Waals surface area contributed by atoms with Crippen LogP contribution in [0, 0.1) is 0 Å². The topological polar surface area (TPSA) is 64.6 Å². The molecule has 1 N–H and O–H groups in total. The van der Waals surface area contributed by atoms with E-state index in [9.17, 15) is 9.59 Å². The number of rotatable bonds is 7. The lowest BCUT2D eigenvalue weighted by Crippen LogP contribution is -2.26. The molecular formula is C18H18ClNO4. The first-order valence-electron chi connectivity index (χ1n) is 7.41. The van der Waals surface area contributed by atoms with Gasteiger partial charge < -0.3 is 14.8 Å². The molecule has 0 aromatic heterocycles. The van der Waals surface area contributed by atoms with Crippen LogP contribution in [0.15, 0.2) is 48.5 Å². The van der Waals surface area contributed by atoms with E-state index >= 15 is 0 Å². The molecule has 0 atom stereocenters. The Labute approximate surface area is 145 Å². The molecule has 0 aliphatic carbocycles. The minimum Gasteiger partial charge on any atom is -0.496 e. The summed E-state index contributed by atoms with van der Waals surface area (Å²) in [6, 6.07) is 13.9. The predicted octanol–water partition coefficient (Wildman–Crippen LogP) is 3.21. The number of nitrogens with one attached hydrogen (secondary N) is 1.